The molecule has 3 rings (SSSR count). The quantitative estimate of drug-likeness (QED) is 0.930. The Balaban J connectivity index is 1.71. The molecule has 4 nitrogen and oxygen atoms in total. The second-order valence-electron chi connectivity index (χ2n) is 5.33. The predicted molar refractivity (Wildman–Crippen MR) is 73.5 cm³/mol. The van der Waals surface area contributed by atoms with E-state index in [1.54, 1.807) is 6.07 Å². The molecule has 5 heteroatoms. The van der Waals surface area contributed by atoms with Crippen LogP contribution in [0.4, 0.5) is 4.39 Å². The predicted octanol–water partition coefficient (Wildman–Crippen LogP) is 3.22. The van der Waals surface area contributed by atoms with Crippen molar-refractivity contribution in [3.63, 3.8) is 0 Å². The summed E-state index contributed by atoms with van der Waals surface area (Å²) in [4.78, 5) is 4.34. The van der Waals surface area contributed by atoms with Crippen LogP contribution in [-0.4, -0.2) is 16.2 Å². The Morgan fingerprint density at radius 2 is 2.15 bits per heavy atom. The minimum absolute atomic E-state index is 0.291. The molecule has 20 heavy (non-hydrogen) atoms. The van der Waals surface area contributed by atoms with Gasteiger partial charge in [-0.25, -0.2) is 4.39 Å². The van der Waals surface area contributed by atoms with E-state index in [4.69, 9.17) is 4.52 Å². The van der Waals surface area contributed by atoms with Gasteiger partial charge in [-0.05, 0) is 37.5 Å². The molecule has 0 unspecified atom stereocenters. The van der Waals surface area contributed by atoms with Crippen molar-refractivity contribution in [1.29, 1.82) is 0 Å². The zero-order chi connectivity index (χ0) is 13.9. The Hall–Kier alpha value is -1.75. The molecule has 1 N–H and O–H groups in total. The zero-order valence-electron chi connectivity index (χ0n) is 11.5. The van der Waals surface area contributed by atoms with Crippen molar-refractivity contribution in [1.82, 2.24) is 15.5 Å². The highest BCUT2D eigenvalue weighted by Crippen LogP contribution is 2.22. The van der Waals surface area contributed by atoms with Gasteiger partial charge in [0.05, 0.1) is 6.54 Å². The van der Waals surface area contributed by atoms with E-state index in [-0.39, 0.29) is 5.82 Å². The maximum Gasteiger partial charge on any atom is 0.240 e. The monoisotopic (exact) mass is 275 g/mol. The molecule has 0 atom stereocenters. The summed E-state index contributed by atoms with van der Waals surface area (Å²) in [5.74, 6) is 0.710. The lowest BCUT2D eigenvalue weighted by Crippen LogP contribution is -2.25. The third-order valence-electron chi connectivity index (χ3n) is 3.81. The van der Waals surface area contributed by atoms with Gasteiger partial charge in [-0.3, -0.25) is 0 Å². The van der Waals surface area contributed by atoms with Crippen LogP contribution in [-0.2, 0) is 6.54 Å². The average Bonchev–Trinajstić information content (AvgIpc) is 3.10. The summed E-state index contributed by atoms with van der Waals surface area (Å²) >= 11 is 0. The van der Waals surface area contributed by atoms with Crippen LogP contribution in [0, 0.1) is 12.7 Å². The van der Waals surface area contributed by atoms with Crippen molar-refractivity contribution in [2.45, 2.75) is 45.2 Å². The Labute approximate surface area is 117 Å². The summed E-state index contributed by atoms with van der Waals surface area (Å²) in [5, 5.41) is 7.36. The highest BCUT2D eigenvalue weighted by Gasteiger charge is 2.16. The molecule has 1 aliphatic carbocycles. The minimum Gasteiger partial charge on any atom is -0.338 e. The summed E-state index contributed by atoms with van der Waals surface area (Å²) < 4.78 is 18.5. The smallest absolute Gasteiger partial charge is 0.240 e. The van der Waals surface area contributed by atoms with Crippen molar-refractivity contribution in [2.75, 3.05) is 0 Å². The molecular weight excluding hydrogens is 257 g/mol. The molecule has 1 aliphatic rings. The summed E-state index contributed by atoms with van der Waals surface area (Å²) in [7, 11) is 0. The van der Waals surface area contributed by atoms with Gasteiger partial charge in [0.2, 0.25) is 11.7 Å². The molecule has 1 fully saturated rings. The van der Waals surface area contributed by atoms with Crippen LogP contribution >= 0.6 is 0 Å². The van der Waals surface area contributed by atoms with Crippen LogP contribution in [0.3, 0.4) is 0 Å². The molecular formula is C15H18FN3O. The van der Waals surface area contributed by atoms with Crippen molar-refractivity contribution >= 4 is 0 Å². The van der Waals surface area contributed by atoms with Gasteiger partial charge in [-0.15, -0.1) is 0 Å². The summed E-state index contributed by atoms with van der Waals surface area (Å²) in [6.07, 6.45) is 5.00. The first-order valence-corrected chi connectivity index (χ1v) is 7.05. The largest absolute Gasteiger partial charge is 0.338 e. The number of hydrogen-bond acceptors (Lipinski definition) is 4. The van der Waals surface area contributed by atoms with Crippen LogP contribution in [0.25, 0.3) is 11.4 Å². The molecule has 106 valence electrons. The molecule has 2 aromatic rings. The molecule has 0 bridgehead atoms. The Morgan fingerprint density at radius 1 is 1.35 bits per heavy atom. The third kappa shape index (κ3) is 2.88. The van der Waals surface area contributed by atoms with Gasteiger partial charge < -0.3 is 9.84 Å². The number of rotatable bonds is 4. The van der Waals surface area contributed by atoms with Crippen LogP contribution in [0.5, 0.6) is 0 Å². The van der Waals surface area contributed by atoms with Gasteiger partial charge in [0.25, 0.3) is 0 Å². The number of nitrogens with one attached hydrogen (secondary N) is 1. The maximum atomic E-state index is 13.3. The lowest BCUT2D eigenvalue weighted by molar-refractivity contribution is 0.357. The van der Waals surface area contributed by atoms with E-state index < -0.39 is 0 Å². The van der Waals surface area contributed by atoms with Gasteiger partial charge in [-0.1, -0.05) is 24.1 Å². The number of halogens is 1. The lowest BCUT2D eigenvalue weighted by Gasteiger charge is -2.08. The number of aromatic nitrogens is 2. The third-order valence-corrected chi connectivity index (χ3v) is 3.81. The minimum atomic E-state index is -0.291. The number of nitrogens with zero attached hydrogens (tertiary/aromatic N) is 2. The molecule has 1 aromatic heterocycles. The fourth-order valence-corrected chi connectivity index (χ4v) is 2.63. The lowest BCUT2D eigenvalue weighted by atomic mass is 10.1. The van der Waals surface area contributed by atoms with Gasteiger partial charge >= 0.3 is 0 Å². The first-order chi connectivity index (χ1) is 9.72. The fraction of sp³-hybridized carbons (Fsp3) is 0.467. The Kier molecular flexibility index (Phi) is 3.78. The standard InChI is InChI=1S/C15H18FN3O/c1-10-6-7-11(16)8-13(10)15-18-14(20-19-15)9-17-12-4-2-3-5-12/h6-8,12,17H,2-5,9H2,1H3. The van der Waals surface area contributed by atoms with Crippen LogP contribution in [0.15, 0.2) is 22.7 Å². The summed E-state index contributed by atoms with van der Waals surface area (Å²) in [6.45, 7) is 2.48. The molecule has 1 saturated carbocycles. The highest BCUT2D eigenvalue weighted by molar-refractivity contribution is 5.59. The molecule has 0 radical (unpaired) electrons. The van der Waals surface area contributed by atoms with E-state index in [0.717, 1.165) is 5.56 Å². The molecule has 0 amide bonds. The van der Waals surface area contributed by atoms with Crippen LogP contribution in [0.1, 0.15) is 37.1 Å². The van der Waals surface area contributed by atoms with Gasteiger partial charge in [0.15, 0.2) is 0 Å². The Bertz CT molecular complexity index is 591. The second kappa shape index (κ2) is 5.71. The Morgan fingerprint density at radius 3 is 2.95 bits per heavy atom. The first-order valence-electron chi connectivity index (χ1n) is 7.05. The van der Waals surface area contributed by atoms with Crippen molar-refractivity contribution in [3.05, 3.63) is 35.5 Å². The van der Waals surface area contributed by atoms with E-state index in [0.29, 0.717) is 29.9 Å². The second-order valence-corrected chi connectivity index (χ2v) is 5.33. The SMILES string of the molecule is Cc1ccc(F)cc1-c1noc(CNC2CCCC2)n1. The molecule has 1 heterocycles. The zero-order valence-corrected chi connectivity index (χ0v) is 11.5. The van der Waals surface area contributed by atoms with E-state index in [1.165, 1.54) is 37.8 Å². The topological polar surface area (TPSA) is 51.0 Å². The summed E-state index contributed by atoms with van der Waals surface area (Å²) in [5.41, 5.74) is 1.61. The van der Waals surface area contributed by atoms with Crippen molar-refractivity contribution in [2.24, 2.45) is 0 Å². The van der Waals surface area contributed by atoms with Crippen LogP contribution in [0.2, 0.25) is 0 Å². The highest BCUT2D eigenvalue weighted by atomic mass is 19.1. The van der Waals surface area contributed by atoms with Crippen LogP contribution < -0.4 is 5.32 Å². The number of aryl methyl sites for hydroxylation is 1. The van der Waals surface area contributed by atoms with E-state index in [1.807, 2.05) is 6.92 Å². The number of hydrogen-bond donors (Lipinski definition) is 1. The first kappa shape index (κ1) is 13.2. The average molecular weight is 275 g/mol. The van der Waals surface area contributed by atoms with E-state index in [2.05, 4.69) is 15.5 Å². The fourth-order valence-electron chi connectivity index (χ4n) is 2.63. The molecule has 0 saturated heterocycles. The van der Waals surface area contributed by atoms with Gasteiger partial charge in [-0.2, -0.15) is 4.98 Å². The maximum absolute atomic E-state index is 13.3. The van der Waals surface area contributed by atoms with Gasteiger partial charge in [0.1, 0.15) is 5.82 Å². The van der Waals surface area contributed by atoms with Crippen molar-refractivity contribution < 1.29 is 8.91 Å². The van der Waals surface area contributed by atoms with E-state index in [9.17, 15) is 4.39 Å². The van der Waals surface area contributed by atoms with Gasteiger partial charge in [0, 0.05) is 11.6 Å². The molecule has 0 aliphatic heterocycles. The van der Waals surface area contributed by atoms with Crippen molar-refractivity contribution in [3.8, 4) is 11.4 Å². The normalized spacial score (nSPS) is 15.9. The van der Waals surface area contributed by atoms with E-state index >= 15 is 0 Å². The summed E-state index contributed by atoms with van der Waals surface area (Å²) in [6, 6.07) is 5.15. The molecule has 1 aromatic carbocycles. The molecule has 0 spiro atoms. The number of benzene rings is 1.